The predicted molar refractivity (Wildman–Crippen MR) is 161 cm³/mol. The van der Waals surface area contributed by atoms with E-state index in [0.717, 1.165) is 34.6 Å². The van der Waals surface area contributed by atoms with E-state index in [2.05, 4.69) is 0 Å². The van der Waals surface area contributed by atoms with Crippen molar-refractivity contribution in [2.75, 3.05) is 37.2 Å². The van der Waals surface area contributed by atoms with Crippen molar-refractivity contribution in [2.45, 2.75) is 36.2 Å². The van der Waals surface area contributed by atoms with Crippen molar-refractivity contribution >= 4 is 45.4 Å². The van der Waals surface area contributed by atoms with E-state index in [1.54, 1.807) is 4.90 Å². The summed E-state index contributed by atoms with van der Waals surface area (Å²) in [4.78, 5) is 13.9. The van der Waals surface area contributed by atoms with Crippen LogP contribution in [-0.2, 0) is 31.9 Å². The maximum Gasteiger partial charge on any atom is 0.417 e. The number of carbonyl (C=O) groups excluding carboxylic acids is 1. The first kappa shape index (κ1) is 33.2. The van der Waals surface area contributed by atoms with Crippen molar-refractivity contribution in [3.05, 3.63) is 87.9 Å². The first-order chi connectivity index (χ1) is 22.1. The molecule has 0 unspecified atom stereocenters. The number of likely N-dealkylation sites (tertiary alicyclic amines) is 1. The molecule has 0 aliphatic carbocycles. The third kappa shape index (κ3) is 6.68. The summed E-state index contributed by atoms with van der Waals surface area (Å²) in [5.41, 5.74) is -2.18. The van der Waals surface area contributed by atoms with E-state index in [-0.39, 0.29) is 58.3 Å². The molecule has 3 heterocycles. The lowest BCUT2D eigenvalue weighted by molar-refractivity contribution is -0.195. The number of carbonyl (C=O) groups is 1. The number of amides is 1. The lowest BCUT2D eigenvalue weighted by atomic mass is 9.78. The van der Waals surface area contributed by atoms with Crippen LogP contribution in [0.3, 0.4) is 0 Å². The minimum atomic E-state index is -4.80. The maximum absolute atomic E-state index is 13.9. The Hall–Kier alpha value is -3.75. The molecule has 3 aromatic rings. The highest BCUT2D eigenvalue weighted by Crippen LogP contribution is 2.42. The summed E-state index contributed by atoms with van der Waals surface area (Å²) in [6.07, 6.45) is -7.69. The van der Waals surface area contributed by atoms with Gasteiger partial charge in [0.15, 0.2) is 0 Å². The second-order valence-corrected chi connectivity index (χ2v) is 14.1. The fourth-order valence-corrected chi connectivity index (χ4v) is 7.64. The van der Waals surface area contributed by atoms with Crippen LogP contribution >= 0.6 is 11.6 Å². The number of nitrogens with zero attached hydrogens (tertiary/aromatic N) is 2. The van der Waals surface area contributed by atoms with Gasteiger partial charge in [0.25, 0.3) is 10.0 Å². The average molecular weight is 701 g/mol. The zero-order valence-electron chi connectivity index (χ0n) is 24.4. The molecule has 6 rings (SSSR count). The Morgan fingerprint density at radius 3 is 2.34 bits per heavy atom. The van der Waals surface area contributed by atoms with Gasteiger partial charge in [-0.3, -0.25) is 9.10 Å². The normalized spacial score (nSPS) is 19.3. The summed E-state index contributed by atoms with van der Waals surface area (Å²) in [5.74, 6) is -0.0628. The number of rotatable bonds is 7. The lowest BCUT2D eigenvalue weighted by Gasteiger charge is -2.55. The third-order valence-corrected chi connectivity index (χ3v) is 10.5. The molecule has 2 saturated heterocycles. The van der Waals surface area contributed by atoms with Crippen LogP contribution in [0, 0.1) is 5.41 Å². The molecule has 2 fully saturated rings. The molecule has 3 aliphatic heterocycles. The molecule has 1 amide bonds. The van der Waals surface area contributed by atoms with Crippen LogP contribution in [0.2, 0.25) is 5.02 Å². The monoisotopic (exact) mass is 700 g/mol. The first-order valence-electron chi connectivity index (χ1n) is 14.5. The fraction of sp³-hybridized carbons (Fsp3) is 0.344. The summed E-state index contributed by atoms with van der Waals surface area (Å²) in [7, 11) is -4.62. The fourth-order valence-electron chi connectivity index (χ4n) is 5.86. The molecule has 0 N–H and O–H groups in total. The van der Waals surface area contributed by atoms with Crippen molar-refractivity contribution < 1.29 is 49.0 Å². The number of benzene rings is 3. The highest BCUT2D eigenvalue weighted by atomic mass is 35.5. The van der Waals surface area contributed by atoms with Gasteiger partial charge in [-0.15, -0.1) is 0 Å². The molecule has 0 aromatic heterocycles. The molecule has 7 nitrogen and oxygen atoms in total. The van der Waals surface area contributed by atoms with Crippen molar-refractivity contribution in [3.63, 3.8) is 0 Å². The Balaban J connectivity index is 1.31. The van der Waals surface area contributed by atoms with Gasteiger partial charge in [0.2, 0.25) is 5.91 Å². The average Bonchev–Trinajstić information content (AvgIpc) is 2.96. The Labute approximate surface area is 271 Å². The van der Waals surface area contributed by atoms with E-state index < -0.39 is 44.5 Å². The predicted octanol–water partition coefficient (Wildman–Crippen LogP) is 7.14. The number of halogens is 7. The zero-order valence-corrected chi connectivity index (χ0v) is 26.0. The molecule has 3 aromatic carbocycles. The highest BCUT2D eigenvalue weighted by molar-refractivity contribution is 7.92. The van der Waals surface area contributed by atoms with Gasteiger partial charge in [-0.25, -0.2) is 8.42 Å². The number of hydrogen-bond donors (Lipinski definition) is 0. The highest BCUT2D eigenvalue weighted by Gasteiger charge is 2.50. The minimum absolute atomic E-state index is 0.0120. The summed E-state index contributed by atoms with van der Waals surface area (Å²) in [6.45, 7) is 2.02. The van der Waals surface area contributed by atoms with Gasteiger partial charge in [0.05, 0.1) is 46.9 Å². The number of alkyl halides is 6. The number of hydrogen-bond acceptors (Lipinski definition) is 5. The minimum Gasteiger partial charge on any atom is -0.486 e. The quantitative estimate of drug-likeness (QED) is 0.194. The maximum atomic E-state index is 13.9. The van der Waals surface area contributed by atoms with Gasteiger partial charge in [-0.05, 0) is 54.4 Å². The van der Waals surface area contributed by atoms with Crippen molar-refractivity contribution in [2.24, 2.45) is 5.41 Å². The second-order valence-electron chi connectivity index (χ2n) is 11.8. The van der Waals surface area contributed by atoms with Crippen molar-refractivity contribution in [3.8, 4) is 5.75 Å². The summed E-state index contributed by atoms with van der Waals surface area (Å²) in [5, 5.41) is -0.155. The molecule has 0 radical (unpaired) electrons. The SMILES string of the molecule is O=C(CC[C@H]1CN(S(=O)(=O)c2cccc(C(F)(F)F)c2)c2cc(/C=C/c3c(Cl)cccc3C(F)(F)F)ccc2O1)N1CC2(COC2)C1. The molecule has 1 spiro atoms. The molecule has 1 atom stereocenters. The van der Waals surface area contributed by atoms with Crippen LogP contribution in [0.4, 0.5) is 32.0 Å². The number of fused-ring (bicyclic) bond motifs is 1. The number of sulfonamides is 1. The number of ether oxygens (including phenoxy) is 2. The molecular weight excluding hydrogens is 674 g/mol. The molecule has 0 bridgehead atoms. The van der Waals surface area contributed by atoms with Crippen molar-refractivity contribution in [1.29, 1.82) is 0 Å². The van der Waals surface area contributed by atoms with Crippen LogP contribution in [0.25, 0.3) is 12.2 Å². The van der Waals surface area contributed by atoms with Gasteiger partial charge in [-0.2, -0.15) is 26.3 Å². The Morgan fingerprint density at radius 1 is 0.957 bits per heavy atom. The Kier molecular flexibility index (Phi) is 8.50. The van der Waals surface area contributed by atoms with E-state index in [0.29, 0.717) is 32.4 Å². The Bertz CT molecular complexity index is 1830. The van der Waals surface area contributed by atoms with Crippen LogP contribution < -0.4 is 9.04 Å². The van der Waals surface area contributed by atoms with Gasteiger partial charge in [-0.1, -0.05) is 42.0 Å². The number of anilines is 1. The van der Waals surface area contributed by atoms with E-state index in [1.807, 2.05) is 0 Å². The van der Waals surface area contributed by atoms with E-state index >= 15 is 0 Å². The smallest absolute Gasteiger partial charge is 0.417 e. The molecule has 0 saturated carbocycles. The van der Waals surface area contributed by atoms with Gasteiger partial charge >= 0.3 is 12.4 Å². The molecular formula is C32H27ClF6N2O5S. The summed E-state index contributed by atoms with van der Waals surface area (Å²) in [6, 6.07) is 10.9. The van der Waals surface area contributed by atoms with E-state index in [9.17, 15) is 39.6 Å². The standard InChI is InChI=1S/C32H27ClF6N2O5S/c33-26-6-2-5-25(32(37,38)39)24(26)10-7-20-8-11-28-27(13-20)41(47(43,44)23-4-1-3-21(14-23)31(34,35)36)15-22(46-28)9-12-29(42)40-16-30(17-40)18-45-19-30/h1-8,10-11,13-14,22H,9,12,15-19H2/b10-7+/t22-/m0/s1. The largest absolute Gasteiger partial charge is 0.486 e. The van der Waals surface area contributed by atoms with Crippen LogP contribution in [-0.4, -0.2) is 58.2 Å². The molecule has 250 valence electrons. The van der Waals surface area contributed by atoms with Gasteiger partial charge < -0.3 is 14.4 Å². The summed E-state index contributed by atoms with van der Waals surface area (Å²) >= 11 is 6.07. The van der Waals surface area contributed by atoms with Crippen molar-refractivity contribution in [1.82, 2.24) is 4.90 Å². The summed E-state index contributed by atoms with van der Waals surface area (Å²) < 4.78 is 121. The zero-order chi connectivity index (χ0) is 33.8. The van der Waals surface area contributed by atoms with E-state index in [1.165, 1.54) is 36.4 Å². The molecule has 3 aliphatic rings. The lowest BCUT2D eigenvalue weighted by Crippen LogP contribution is -2.67. The molecule has 47 heavy (non-hydrogen) atoms. The first-order valence-corrected chi connectivity index (χ1v) is 16.3. The topological polar surface area (TPSA) is 76.2 Å². The third-order valence-electron chi connectivity index (χ3n) is 8.37. The van der Waals surface area contributed by atoms with E-state index in [4.69, 9.17) is 21.1 Å². The van der Waals surface area contributed by atoms with Gasteiger partial charge in [0.1, 0.15) is 11.9 Å². The van der Waals surface area contributed by atoms with Crippen LogP contribution in [0.5, 0.6) is 5.75 Å². The Morgan fingerprint density at radius 2 is 1.68 bits per heavy atom. The second kappa shape index (κ2) is 12.0. The van der Waals surface area contributed by atoms with Crippen LogP contribution in [0.15, 0.2) is 65.6 Å². The molecule has 15 heteroatoms. The van der Waals surface area contributed by atoms with Gasteiger partial charge in [0, 0.05) is 30.1 Å². The van der Waals surface area contributed by atoms with Crippen LogP contribution in [0.1, 0.15) is 35.1 Å².